The molecule has 0 heterocycles. The van der Waals surface area contributed by atoms with E-state index in [1.54, 1.807) is 0 Å². The van der Waals surface area contributed by atoms with Gasteiger partial charge in [-0.15, -0.1) is 12.6 Å². The van der Waals surface area contributed by atoms with Gasteiger partial charge in [-0.2, -0.15) is 0 Å². The van der Waals surface area contributed by atoms with E-state index in [2.05, 4.69) is 12.6 Å². The predicted molar refractivity (Wildman–Crippen MR) is 32.3 cm³/mol. The molecular weight excluding hydrogens is 144 g/mol. The SMILES string of the molecule is O=C(O)/C=C(/S)C(=O)O. The van der Waals surface area contributed by atoms with Crippen molar-refractivity contribution in [2.45, 2.75) is 0 Å². The maximum Gasteiger partial charge on any atom is 0.342 e. The van der Waals surface area contributed by atoms with Crippen LogP contribution < -0.4 is 0 Å². The Bertz CT molecular complexity index is 171. The first-order chi connectivity index (χ1) is 4.04. The summed E-state index contributed by atoms with van der Waals surface area (Å²) in [5.41, 5.74) is 0. The molecule has 0 radical (unpaired) electrons. The van der Waals surface area contributed by atoms with Crippen LogP contribution in [-0.4, -0.2) is 22.2 Å². The topological polar surface area (TPSA) is 74.6 Å². The molecule has 0 amide bonds. The number of hydrogen-bond donors (Lipinski definition) is 3. The van der Waals surface area contributed by atoms with Gasteiger partial charge >= 0.3 is 11.9 Å². The maximum absolute atomic E-state index is 9.83. The highest BCUT2D eigenvalue weighted by atomic mass is 32.1. The lowest BCUT2D eigenvalue weighted by Gasteiger charge is -1.85. The van der Waals surface area contributed by atoms with Crippen LogP contribution in [0.2, 0.25) is 0 Å². The van der Waals surface area contributed by atoms with Gasteiger partial charge in [-0.3, -0.25) is 0 Å². The molecule has 0 fully saturated rings. The average molecular weight is 148 g/mol. The normalized spacial score (nSPS) is 11.0. The van der Waals surface area contributed by atoms with Crippen molar-refractivity contribution < 1.29 is 19.8 Å². The zero-order valence-corrected chi connectivity index (χ0v) is 5.13. The van der Waals surface area contributed by atoms with E-state index in [1.807, 2.05) is 0 Å². The van der Waals surface area contributed by atoms with Crippen molar-refractivity contribution >= 4 is 24.6 Å². The Morgan fingerprint density at radius 1 is 1.33 bits per heavy atom. The molecule has 0 aromatic carbocycles. The van der Waals surface area contributed by atoms with Crippen LogP contribution in [0.4, 0.5) is 0 Å². The Morgan fingerprint density at radius 3 is 1.89 bits per heavy atom. The van der Waals surface area contributed by atoms with Crippen LogP contribution in [0.25, 0.3) is 0 Å². The van der Waals surface area contributed by atoms with E-state index < -0.39 is 16.8 Å². The molecule has 50 valence electrons. The van der Waals surface area contributed by atoms with Crippen LogP contribution >= 0.6 is 12.6 Å². The highest BCUT2D eigenvalue weighted by Gasteiger charge is 2.01. The predicted octanol–water partition coefficient (Wildman–Crippen LogP) is -0.0307. The minimum Gasteiger partial charge on any atom is -0.478 e. The molecule has 0 saturated heterocycles. The molecule has 0 atom stereocenters. The standard InChI is InChI=1S/C4H4O4S/c5-3(6)1-2(9)4(7)8/h1,9H,(H,5,6)(H,7,8)/b2-1+. The number of carbonyl (C=O) groups is 2. The van der Waals surface area contributed by atoms with Crippen LogP contribution in [0, 0.1) is 0 Å². The third-order valence-corrected chi connectivity index (χ3v) is 0.800. The van der Waals surface area contributed by atoms with E-state index in [4.69, 9.17) is 10.2 Å². The van der Waals surface area contributed by atoms with Crippen LogP contribution in [-0.2, 0) is 9.59 Å². The van der Waals surface area contributed by atoms with Crippen LogP contribution in [0.15, 0.2) is 11.0 Å². The number of carboxylic acid groups (broad SMARTS) is 2. The summed E-state index contributed by atoms with van der Waals surface area (Å²) in [6.45, 7) is 0. The van der Waals surface area contributed by atoms with Gasteiger partial charge in [0.25, 0.3) is 0 Å². The quantitative estimate of drug-likeness (QED) is 0.379. The Hall–Kier alpha value is -0.970. The lowest BCUT2D eigenvalue weighted by molar-refractivity contribution is -0.134. The van der Waals surface area contributed by atoms with Crippen LogP contribution in [0.5, 0.6) is 0 Å². The fraction of sp³-hybridized carbons (Fsp3) is 0. The van der Waals surface area contributed by atoms with Gasteiger partial charge in [-0.1, -0.05) is 0 Å². The van der Waals surface area contributed by atoms with Crippen molar-refractivity contribution in [2.75, 3.05) is 0 Å². The molecule has 4 nitrogen and oxygen atoms in total. The molecule has 0 aromatic heterocycles. The van der Waals surface area contributed by atoms with Gasteiger partial charge in [0.2, 0.25) is 0 Å². The molecule has 0 unspecified atom stereocenters. The monoisotopic (exact) mass is 148 g/mol. The number of aliphatic carboxylic acids is 2. The molecule has 0 bridgehead atoms. The largest absolute Gasteiger partial charge is 0.478 e. The van der Waals surface area contributed by atoms with Gasteiger partial charge in [0.15, 0.2) is 0 Å². The van der Waals surface area contributed by atoms with E-state index in [-0.39, 0.29) is 0 Å². The van der Waals surface area contributed by atoms with Crippen molar-refractivity contribution in [3.8, 4) is 0 Å². The van der Waals surface area contributed by atoms with E-state index >= 15 is 0 Å². The zero-order valence-electron chi connectivity index (χ0n) is 4.24. The molecule has 2 N–H and O–H groups in total. The molecule has 9 heavy (non-hydrogen) atoms. The van der Waals surface area contributed by atoms with E-state index in [1.165, 1.54) is 0 Å². The van der Waals surface area contributed by atoms with E-state index in [0.717, 1.165) is 0 Å². The minimum absolute atomic E-state index is 0.484. The average Bonchev–Trinajstić information content (AvgIpc) is 1.63. The van der Waals surface area contributed by atoms with Gasteiger partial charge in [-0.25, -0.2) is 9.59 Å². The second-order valence-electron chi connectivity index (χ2n) is 1.17. The lowest BCUT2D eigenvalue weighted by atomic mass is 10.5. The summed E-state index contributed by atoms with van der Waals surface area (Å²) in [6, 6.07) is 0. The second kappa shape index (κ2) is 3.13. The Balaban J connectivity index is 4.17. The molecule has 0 rings (SSSR count). The highest BCUT2D eigenvalue weighted by Crippen LogP contribution is 1.97. The minimum atomic E-state index is -1.35. The Morgan fingerprint density at radius 2 is 1.78 bits per heavy atom. The molecule has 0 saturated carbocycles. The maximum atomic E-state index is 9.83. The van der Waals surface area contributed by atoms with E-state index in [9.17, 15) is 9.59 Å². The van der Waals surface area contributed by atoms with Crippen molar-refractivity contribution in [3.05, 3.63) is 11.0 Å². The van der Waals surface area contributed by atoms with E-state index in [0.29, 0.717) is 6.08 Å². The fourth-order valence-electron chi connectivity index (χ4n) is 0.179. The number of rotatable bonds is 2. The summed E-state index contributed by atoms with van der Waals surface area (Å²) >= 11 is 3.35. The third-order valence-electron chi connectivity index (χ3n) is 0.479. The van der Waals surface area contributed by atoms with Crippen molar-refractivity contribution in [1.29, 1.82) is 0 Å². The summed E-state index contributed by atoms with van der Waals surface area (Å²) in [4.78, 5) is 19.1. The summed E-state index contributed by atoms with van der Waals surface area (Å²) in [5.74, 6) is -2.66. The molecule has 5 heteroatoms. The Labute approximate surface area is 56.2 Å². The van der Waals surface area contributed by atoms with Crippen LogP contribution in [0.1, 0.15) is 0 Å². The van der Waals surface area contributed by atoms with Gasteiger partial charge in [-0.05, 0) is 0 Å². The summed E-state index contributed by atoms with van der Waals surface area (Å²) < 4.78 is 0. The molecular formula is C4H4O4S. The third kappa shape index (κ3) is 3.60. The number of hydrogen-bond acceptors (Lipinski definition) is 3. The lowest BCUT2D eigenvalue weighted by Crippen LogP contribution is -1.97. The van der Waals surface area contributed by atoms with Crippen molar-refractivity contribution in [1.82, 2.24) is 0 Å². The molecule has 0 aliphatic heterocycles. The highest BCUT2D eigenvalue weighted by molar-refractivity contribution is 7.85. The first-order valence-corrected chi connectivity index (χ1v) is 2.35. The smallest absolute Gasteiger partial charge is 0.342 e. The second-order valence-corrected chi connectivity index (χ2v) is 1.65. The number of carboxylic acids is 2. The van der Waals surface area contributed by atoms with Gasteiger partial charge in [0.05, 0.1) is 4.91 Å². The van der Waals surface area contributed by atoms with Crippen molar-refractivity contribution in [3.63, 3.8) is 0 Å². The molecule has 0 aliphatic rings. The summed E-state index contributed by atoms with van der Waals surface area (Å²) in [7, 11) is 0. The fourth-order valence-corrected chi connectivity index (χ4v) is 0.289. The summed E-state index contributed by atoms with van der Waals surface area (Å²) in [5, 5.41) is 16.0. The van der Waals surface area contributed by atoms with Gasteiger partial charge in [0.1, 0.15) is 0 Å². The first-order valence-electron chi connectivity index (χ1n) is 1.91. The molecule has 0 aromatic rings. The van der Waals surface area contributed by atoms with Crippen molar-refractivity contribution in [2.24, 2.45) is 0 Å². The number of thiol groups is 1. The summed E-state index contributed by atoms with van der Waals surface area (Å²) in [6.07, 6.45) is 0.505. The van der Waals surface area contributed by atoms with Gasteiger partial charge < -0.3 is 10.2 Å². The van der Waals surface area contributed by atoms with Gasteiger partial charge in [0, 0.05) is 6.08 Å². The zero-order chi connectivity index (χ0) is 7.44. The molecule has 0 aliphatic carbocycles. The Kier molecular flexibility index (Phi) is 2.80. The van der Waals surface area contributed by atoms with Crippen LogP contribution in [0.3, 0.4) is 0 Å². The first kappa shape index (κ1) is 8.03. The molecule has 0 spiro atoms.